The van der Waals surface area contributed by atoms with Crippen LogP contribution >= 0.6 is 0 Å². The summed E-state index contributed by atoms with van der Waals surface area (Å²) in [6, 6.07) is 15.4. The van der Waals surface area contributed by atoms with Gasteiger partial charge in [-0.1, -0.05) is 25.2 Å². The van der Waals surface area contributed by atoms with Gasteiger partial charge in [-0.05, 0) is 67.6 Å². The Labute approximate surface area is 180 Å². The average Bonchev–Trinajstić information content (AvgIpc) is 3.13. The van der Waals surface area contributed by atoms with E-state index in [1.54, 1.807) is 16.8 Å². The highest BCUT2D eigenvalue weighted by molar-refractivity contribution is 6.77. The maximum atomic E-state index is 13.4. The summed E-state index contributed by atoms with van der Waals surface area (Å²) in [7, 11) is -1.08. The number of hydrogen-bond acceptors (Lipinski definition) is 2. The van der Waals surface area contributed by atoms with Crippen LogP contribution in [0.4, 0.5) is 17.6 Å². The van der Waals surface area contributed by atoms with Gasteiger partial charge in [-0.15, -0.1) is 0 Å². The lowest BCUT2D eigenvalue weighted by molar-refractivity contribution is -0.137. The number of nitrogens with zero attached hydrogens (tertiary/aromatic N) is 3. The monoisotopic (exact) mass is 447 g/mol. The lowest BCUT2D eigenvalue weighted by atomic mass is 10.1. The maximum absolute atomic E-state index is 13.4. The second-order valence-electron chi connectivity index (χ2n) is 8.92. The predicted octanol–water partition coefficient (Wildman–Crippen LogP) is 6.22. The van der Waals surface area contributed by atoms with Gasteiger partial charge in [0.15, 0.2) is 0 Å². The van der Waals surface area contributed by atoms with Gasteiger partial charge in [0.05, 0.1) is 22.6 Å². The molecule has 0 spiro atoms. The fourth-order valence-electron chi connectivity index (χ4n) is 3.87. The fraction of sp³-hybridized carbons (Fsp3) is 0.348. The molecule has 0 N–H and O–H groups in total. The van der Waals surface area contributed by atoms with E-state index in [-0.39, 0.29) is 5.82 Å². The van der Waals surface area contributed by atoms with E-state index in [9.17, 15) is 17.6 Å². The Kier molecular flexibility index (Phi) is 5.78. The zero-order valence-corrected chi connectivity index (χ0v) is 18.6. The van der Waals surface area contributed by atoms with Crippen LogP contribution in [0.15, 0.2) is 54.6 Å². The van der Waals surface area contributed by atoms with Crippen molar-refractivity contribution in [2.75, 3.05) is 13.1 Å². The van der Waals surface area contributed by atoms with E-state index in [0.29, 0.717) is 23.5 Å². The Morgan fingerprint density at radius 3 is 2.13 bits per heavy atom. The van der Waals surface area contributed by atoms with Gasteiger partial charge in [-0.2, -0.15) is 18.3 Å². The molecule has 0 amide bonds. The SMILES string of the molecule is C[Si]1(C)CCN(Cc2cc(-c3ccc(C(F)(F)F)cc3)n(-c3ccc(F)cc3)n2)CC1. The molecule has 2 heterocycles. The smallest absolute Gasteiger partial charge is 0.298 e. The third kappa shape index (κ3) is 5.07. The first-order valence-electron chi connectivity index (χ1n) is 10.4. The molecule has 31 heavy (non-hydrogen) atoms. The minimum Gasteiger partial charge on any atom is -0.298 e. The number of benzene rings is 2. The zero-order valence-electron chi connectivity index (χ0n) is 17.6. The summed E-state index contributed by atoms with van der Waals surface area (Å²) in [6.45, 7) is 7.59. The third-order valence-electron chi connectivity index (χ3n) is 5.93. The van der Waals surface area contributed by atoms with Crippen LogP contribution in [0.3, 0.4) is 0 Å². The predicted molar refractivity (Wildman–Crippen MR) is 116 cm³/mol. The van der Waals surface area contributed by atoms with Crippen LogP contribution in [0.25, 0.3) is 16.9 Å². The average molecular weight is 448 g/mol. The fourth-order valence-corrected chi connectivity index (χ4v) is 5.96. The van der Waals surface area contributed by atoms with Gasteiger partial charge in [0.25, 0.3) is 0 Å². The summed E-state index contributed by atoms with van der Waals surface area (Å²) in [5.41, 5.74) is 2.13. The Morgan fingerprint density at radius 1 is 0.935 bits per heavy atom. The molecule has 2 aromatic carbocycles. The van der Waals surface area contributed by atoms with Crippen molar-refractivity contribution in [3.63, 3.8) is 0 Å². The Hall–Kier alpha value is -2.45. The van der Waals surface area contributed by atoms with Crippen LogP contribution in [-0.2, 0) is 12.7 Å². The highest BCUT2D eigenvalue weighted by Gasteiger charge is 2.30. The van der Waals surface area contributed by atoms with Crippen molar-refractivity contribution in [3.05, 3.63) is 71.7 Å². The molecule has 1 aliphatic rings. The van der Waals surface area contributed by atoms with Crippen LogP contribution < -0.4 is 0 Å². The molecule has 0 atom stereocenters. The number of halogens is 4. The van der Waals surface area contributed by atoms with E-state index >= 15 is 0 Å². The lowest BCUT2D eigenvalue weighted by Crippen LogP contribution is -2.42. The number of alkyl halides is 3. The molecular formula is C23H25F4N3Si. The van der Waals surface area contributed by atoms with Gasteiger partial charge < -0.3 is 0 Å². The van der Waals surface area contributed by atoms with E-state index in [4.69, 9.17) is 5.10 Å². The van der Waals surface area contributed by atoms with Gasteiger partial charge in [0.2, 0.25) is 0 Å². The van der Waals surface area contributed by atoms with E-state index < -0.39 is 19.8 Å². The summed E-state index contributed by atoms with van der Waals surface area (Å²) in [5, 5.41) is 4.73. The molecular weight excluding hydrogens is 422 g/mol. The van der Waals surface area contributed by atoms with Crippen LogP contribution in [0.5, 0.6) is 0 Å². The first kappa shape index (κ1) is 21.8. The number of aromatic nitrogens is 2. The first-order chi connectivity index (χ1) is 14.6. The molecule has 0 unspecified atom stereocenters. The highest BCUT2D eigenvalue weighted by Crippen LogP contribution is 2.32. The van der Waals surface area contributed by atoms with Gasteiger partial charge in [0, 0.05) is 20.2 Å². The molecule has 3 nitrogen and oxygen atoms in total. The second kappa shape index (κ2) is 8.24. The lowest BCUT2D eigenvalue weighted by Gasteiger charge is -2.35. The molecule has 0 saturated carbocycles. The van der Waals surface area contributed by atoms with Crippen molar-refractivity contribution < 1.29 is 17.6 Å². The molecule has 164 valence electrons. The third-order valence-corrected chi connectivity index (χ3v) is 9.09. The zero-order chi connectivity index (χ0) is 22.2. The Morgan fingerprint density at radius 2 is 1.55 bits per heavy atom. The van der Waals surface area contributed by atoms with E-state index in [2.05, 4.69) is 18.0 Å². The molecule has 3 aromatic rings. The van der Waals surface area contributed by atoms with Gasteiger partial charge >= 0.3 is 6.18 Å². The first-order valence-corrected chi connectivity index (χ1v) is 13.8. The summed E-state index contributed by atoms with van der Waals surface area (Å²) in [6.07, 6.45) is -4.38. The van der Waals surface area contributed by atoms with Crippen LogP contribution in [-0.4, -0.2) is 35.8 Å². The van der Waals surface area contributed by atoms with Crippen LogP contribution in [0, 0.1) is 5.82 Å². The molecule has 4 rings (SSSR count). The summed E-state index contributed by atoms with van der Waals surface area (Å²) in [4.78, 5) is 2.38. The van der Waals surface area contributed by atoms with Gasteiger partial charge in [-0.25, -0.2) is 9.07 Å². The van der Waals surface area contributed by atoms with Crippen molar-refractivity contribution >= 4 is 8.07 Å². The molecule has 1 fully saturated rings. The summed E-state index contributed by atoms with van der Waals surface area (Å²) in [5.74, 6) is -0.354. The van der Waals surface area contributed by atoms with Crippen molar-refractivity contribution in [3.8, 4) is 16.9 Å². The van der Waals surface area contributed by atoms with E-state index in [1.165, 1.54) is 36.4 Å². The molecule has 0 aliphatic carbocycles. The Balaban J connectivity index is 1.66. The van der Waals surface area contributed by atoms with Crippen LogP contribution in [0.1, 0.15) is 11.3 Å². The normalized spacial score (nSPS) is 17.1. The van der Waals surface area contributed by atoms with Crippen molar-refractivity contribution in [1.29, 1.82) is 0 Å². The maximum Gasteiger partial charge on any atom is 0.416 e. The van der Waals surface area contributed by atoms with Gasteiger partial charge in [-0.3, -0.25) is 4.90 Å². The van der Waals surface area contributed by atoms with Gasteiger partial charge in [0.1, 0.15) is 5.82 Å². The quantitative estimate of drug-likeness (QED) is 0.350. The van der Waals surface area contributed by atoms with Crippen molar-refractivity contribution in [2.24, 2.45) is 0 Å². The minimum absolute atomic E-state index is 0.354. The topological polar surface area (TPSA) is 21.1 Å². The molecule has 1 saturated heterocycles. The molecule has 0 bridgehead atoms. The van der Waals surface area contributed by atoms with Crippen LogP contribution in [0.2, 0.25) is 25.2 Å². The molecule has 8 heteroatoms. The van der Waals surface area contributed by atoms with E-state index in [0.717, 1.165) is 30.9 Å². The second-order valence-corrected chi connectivity index (χ2v) is 14.3. The number of hydrogen-bond donors (Lipinski definition) is 0. The standard InChI is InChI=1S/C23H25F4N3Si/c1-31(2)13-11-29(12-14-31)16-20-15-22(17-3-5-18(6-4-17)23(25,26)27)30(28-20)21-9-7-19(24)8-10-21/h3-10,15H,11-14,16H2,1-2H3. The van der Waals surface area contributed by atoms with E-state index in [1.807, 2.05) is 6.07 Å². The number of rotatable bonds is 4. The summed E-state index contributed by atoms with van der Waals surface area (Å²) < 4.78 is 54.0. The highest BCUT2D eigenvalue weighted by atomic mass is 28.3. The molecule has 1 aromatic heterocycles. The minimum atomic E-state index is -4.38. The molecule has 0 radical (unpaired) electrons. The summed E-state index contributed by atoms with van der Waals surface area (Å²) >= 11 is 0. The largest absolute Gasteiger partial charge is 0.416 e. The molecule has 1 aliphatic heterocycles. The van der Waals surface area contributed by atoms with Crippen molar-refractivity contribution in [2.45, 2.75) is 37.9 Å². The Bertz CT molecular complexity index is 1030. The van der Waals surface area contributed by atoms with Crippen molar-refractivity contribution in [1.82, 2.24) is 14.7 Å².